The van der Waals surface area contributed by atoms with E-state index in [1.54, 1.807) is 6.20 Å². The van der Waals surface area contributed by atoms with E-state index in [1.807, 2.05) is 13.8 Å². The van der Waals surface area contributed by atoms with Gasteiger partial charge in [0.15, 0.2) is 0 Å². The maximum absolute atomic E-state index is 5.46. The summed E-state index contributed by atoms with van der Waals surface area (Å²) in [5, 5.41) is 3.90. The van der Waals surface area contributed by atoms with Crippen LogP contribution in [-0.4, -0.2) is 21.7 Å². The Morgan fingerprint density at radius 3 is 2.87 bits per heavy atom. The molecule has 0 aromatic carbocycles. The molecule has 0 spiro atoms. The summed E-state index contributed by atoms with van der Waals surface area (Å²) in [5.74, 6) is 1.70. The number of nitrogens with two attached hydrogens (primary N) is 1. The van der Waals surface area contributed by atoms with Gasteiger partial charge in [-0.2, -0.15) is 0 Å². The molecule has 2 aromatic heterocycles. The second kappa shape index (κ2) is 3.86. The third kappa shape index (κ3) is 1.78. The molecule has 80 valence electrons. The fourth-order valence-electron chi connectivity index (χ4n) is 1.62. The van der Waals surface area contributed by atoms with Gasteiger partial charge in [0.2, 0.25) is 0 Å². The lowest BCUT2D eigenvalue weighted by Gasteiger charge is -1.94. The van der Waals surface area contributed by atoms with Gasteiger partial charge in [0.05, 0.1) is 23.1 Å². The summed E-state index contributed by atoms with van der Waals surface area (Å²) in [4.78, 5) is 7.45. The highest BCUT2D eigenvalue weighted by atomic mass is 16.5. The van der Waals surface area contributed by atoms with Crippen LogP contribution in [0.5, 0.6) is 0 Å². The fourth-order valence-corrected chi connectivity index (χ4v) is 1.62. The minimum Gasteiger partial charge on any atom is -0.361 e. The zero-order valence-electron chi connectivity index (χ0n) is 8.87. The Morgan fingerprint density at radius 1 is 1.47 bits per heavy atom. The van der Waals surface area contributed by atoms with Gasteiger partial charge >= 0.3 is 0 Å². The van der Waals surface area contributed by atoms with E-state index >= 15 is 0 Å². The number of nitrogens with one attached hydrogen (secondary N) is 1. The number of rotatable bonds is 3. The van der Waals surface area contributed by atoms with Crippen molar-refractivity contribution in [1.29, 1.82) is 0 Å². The highest BCUT2D eigenvalue weighted by Crippen LogP contribution is 2.24. The molecule has 0 saturated carbocycles. The highest BCUT2D eigenvalue weighted by molar-refractivity contribution is 5.63. The SMILES string of the molecule is Cc1noc(C)c1-c1cnc(CCN)[nH]1. The molecule has 15 heavy (non-hydrogen) atoms. The molecule has 0 aliphatic carbocycles. The Morgan fingerprint density at radius 2 is 2.27 bits per heavy atom. The number of aromatic amines is 1. The highest BCUT2D eigenvalue weighted by Gasteiger charge is 2.13. The summed E-state index contributed by atoms with van der Waals surface area (Å²) in [6.45, 7) is 4.39. The van der Waals surface area contributed by atoms with Gasteiger partial charge in [0.25, 0.3) is 0 Å². The third-order valence-electron chi connectivity index (χ3n) is 2.31. The standard InChI is InChI=1S/C10H14N4O/c1-6-10(7(2)15-14-6)8-5-12-9(13-8)3-4-11/h5H,3-4,11H2,1-2H3,(H,12,13). The first kappa shape index (κ1) is 9.92. The molecule has 5 heteroatoms. The van der Waals surface area contributed by atoms with Gasteiger partial charge in [-0.3, -0.25) is 0 Å². The minimum absolute atomic E-state index is 0.592. The molecule has 2 rings (SSSR count). The van der Waals surface area contributed by atoms with Gasteiger partial charge in [0, 0.05) is 6.42 Å². The molecule has 0 fully saturated rings. The molecular formula is C10H14N4O. The van der Waals surface area contributed by atoms with Crippen LogP contribution in [0.4, 0.5) is 0 Å². The first-order chi connectivity index (χ1) is 7.22. The van der Waals surface area contributed by atoms with Crippen molar-refractivity contribution in [3.63, 3.8) is 0 Å². The third-order valence-corrected chi connectivity index (χ3v) is 2.31. The second-order valence-electron chi connectivity index (χ2n) is 3.48. The molecule has 2 heterocycles. The molecule has 0 atom stereocenters. The van der Waals surface area contributed by atoms with Crippen LogP contribution in [-0.2, 0) is 6.42 Å². The van der Waals surface area contributed by atoms with Gasteiger partial charge in [0.1, 0.15) is 11.6 Å². The van der Waals surface area contributed by atoms with Crippen LogP contribution in [0.15, 0.2) is 10.7 Å². The molecule has 2 aromatic rings. The number of aromatic nitrogens is 3. The molecular weight excluding hydrogens is 192 g/mol. The van der Waals surface area contributed by atoms with Crippen molar-refractivity contribution in [2.45, 2.75) is 20.3 Å². The van der Waals surface area contributed by atoms with Crippen molar-refractivity contribution >= 4 is 0 Å². The van der Waals surface area contributed by atoms with E-state index in [4.69, 9.17) is 10.3 Å². The molecule has 0 unspecified atom stereocenters. The lowest BCUT2D eigenvalue weighted by molar-refractivity contribution is 0.393. The summed E-state index contributed by atoms with van der Waals surface area (Å²) in [7, 11) is 0. The molecule has 0 bridgehead atoms. The van der Waals surface area contributed by atoms with Crippen LogP contribution in [0.1, 0.15) is 17.3 Å². The van der Waals surface area contributed by atoms with Crippen molar-refractivity contribution in [3.8, 4) is 11.3 Å². The number of imidazole rings is 1. The Bertz CT molecular complexity index is 438. The van der Waals surface area contributed by atoms with Gasteiger partial charge in [-0.05, 0) is 20.4 Å². The maximum atomic E-state index is 5.46. The number of aryl methyl sites for hydroxylation is 2. The van der Waals surface area contributed by atoms with E-state index < -0.39 is 0 Å². The Kier molecular flexibility index (Phi) is 2.55. The summed E-state index contributed by atoms with van der Waals surface area (Å²) in [6, 6.07) is 0. The largest absolute Gasteiger partial charge is 0.361 e. The van der Waals surface area contributed by atoms with Crippen molar-refractivity contribution < 1.29 is 4.52 Å². The van der Waals surface area contributed by atoms with Gasteiger partial charge in [-0.25, -0.2) is 4.98 Å². The van der Waals surface area contributed by atoms with Crippen molar-refractivity contribution in [3.05, 3.63) is 23.5 Å². The molecule has 5 nitrogen and oxygen atoms in total. The number of nitrogens with zero attached hydrogens (tertiary/aromatic N) is 2. The maximum Gasteiger partial charge on any atom is 0.143 e. The van der Waals surface area contributed by atoms with Crippen LogP contribution in [0.2, 0.25) is 0 Å². The van der Waals surface area contributed by atoms with Crippen molar-refractivity contribution in [2.75, 3.05) is 6.54 Å². The molecule has 0 radical (unpaired) electrons. The van der Waals surface area contributed by atoms with Crippen LogP contribution in [0, 0.1) is 13.8 Å². The predicted octanol–water partition coefficient (Wildman–Crippen LogP) is 1.18. The monoisotopic (exact) mass is 206 g/mol. The fraction of sp³-hybridized carbons (Fsp3) is 0.400. The van der Waals surface area contributed by atoms with E-state index in [0.717, 1.165) is 35.0 Å². The van der Waals surface area contributed by atoms with E-state index in [-0.39, 0.29) is 0 Å². The topological polar surface area (TPSA) is 80.7 Å². The van der Waals surface area contributed by atoms with E-state index in [2.05, 4.69) is 15.1 Å². The van der Waals surface area contributed by atoms with E-state index in [9.17, 15) is 0 Å². The van der Waals surface area contributed by atoms with Crippen LogP contribution in [0.3, 0.4) is 0 Å². The smallest absolute Gasteiger partial charge is 0.143 e. The lowest BCUT2D eigenvalue weighted by atomic mass is 10.1. The van der Waals surface area contributed by atoms with E-state index in [0.29, 0.717) is 6.54 Å². The molecule has 0 saturated heterocycles. The molecule has 0 aliphatic heterocycles. The zero-order chi connectivity index (χ0) is 10.8. The first-order valence-electron chi connectivity index (χ1n) is 4.89. The normalized spacial score (nSPS) is 10.9. The minimum atomic E-state index is 0.592. The molecule has 0 aliphatic rings. The Balaban J connectivity index is 2.37. The summed E-state index contributed by atoms with van der Waals surface area (Å²) in [6.07, 6.45) is 2.54. The average molecular weight is 206 g/mol. The zero-order valence-corrected chi connectivity index (χ0v) is 8.87. The number of H-pyrrole nitrogens is 1. The van der Waals surface area contributed by atoms with Crippen LogP contribution >= 0.6 is 0 Å². The Labute approximate surface area is 87.7 Å². The van der Waals surface area contributed by atoms with Crippen LogP contribution < -0.4 is 5.73 Å². The summed E-state index contributed by atoms with van der Waals surface area (Å²) >= 11 is 0. The number of hydrogen-bond acceptors (Lipinski definition) is 4. The quantitative estimate of drug-likeness (QED) is 0.790. The molecule has 3 N–H and O–H groups in total. The lowest BCUT2D eigenvalue weighted by Crippen LogP contribution is -2.03. The van der Waals surface area contributed by atoms with Gasteiger partial charge in [-0.15, -0.1) is 0 Å². The van der Waals surface area contributed by atoms with Crippen molar-refractivity contribution in [1.82, 2.24) is 15.1 Å². The van der Waals surface area contributed by atoms with Crippen molar-refractivity contribution in [2.24, 2.45) is 5.73 Å². The van der Waals surface area contributed by atoms with Gasteiger partial charge in [-0.1, -0.05) is 5.16 Å². The first-order valence-corrected chi connectivity index (χ1v) is 4.89. The van der Waals surface area contributed by atoms with E-state index in [1.165, 1.54) is 0 Å². The average Bonchev–Trinajstić information content (AvgIpc) is 2.75. The summed E-state index contributed by atoms with van der Waals surface area (Å²) in [5.41, 5.74) is 8.26. The summed E-state index contributed by atoms with van der Waals surface area (Å²) < 4.78 is 5.10. The number of hydrogen-bond donors (Lipinski definition) is 2. The van der Waals surface area contributed by atoms with Crippen LogP contribution in [0.25, 0.3) is 11.3 Å². The molecule has 0 amide bonds. The van der Waals surface area contributed by atoms with Gasteiger partial charge < -0.3 is 15.2 Å². The second-order valence-corrected chi connectivity index (χ2v) is 3.48. The Hall–Kier alpha value is -1.62. The predicted molar refractivity (Wildman–Crippen MR) is 56.3 cm³/mol.